The number of Topliss-reactive ketones (excluding diaryl/α,β-unsaturated/α-hetero) is 1. The minimum Gasteiger partial charge on any atom is -0.490 e. The molecule has 1 saturated heterocycles. The lowest BCUT2D eigenvalue weighted by Gasteiger charge is -2.22. The molecule has 180 valence electrons. The van der Waals surface area contributed by atoms with Crippen molar-refractivity contribution in [3.8, 4) is 5.75 Å². The Hall–Kier alpha value is -4.34. The largest absolute Gasteiger partial charge is 0.490 e. The number of ketones is 1. The smallest absolute Gasteiger partial charge is 0.338 e. The first-order chi connectivity index (χ1) is 16.7. The number of fused-ring (bicyclic) bond motifs is 1. The van der Waals surface area contributed by atoms with Gasteiger partial charge in [0.15, 0.2) is 12.4 Å². The van der Waals surface area contributed by atoms with Gasteiger partial charge in [-0.05, 0) is 42.7 Å². The van der Waals surface area contributed by atoms with E-state index in [0.29, 0.717) is 6.42 Å². The highest BCUT2D eigenvalue weighted by Crippen LogP contribution is 2.40. The average molecular weight is 478 g/mol. The Kier molecular flexibility index (Phi) is 6.46. The van der Waals surface area contributed by atoms with E-state index in [9.17, 15) is 29.3 Å². The fourth-order valence-electron chi connectivity index (χ4n) is 4.48. The topological polar surface area (TPSA) is 133 Å². The number of benzene rings is 2. The Morgan fingerprint density at radius 3 is 2.57 bits per heavy atom. The van der Waals surface area contributed by atoms with Crippen molar-refractivity contribution in [3.63, 3.8) is 0 Å². The molecule has 2 aromatic rings. The van der Waals surface area contributed by atoms with Crippen molar-refractivity contribution in [1.29, 1.82) is 0 Å². The summed E-state index contributed by atoms with van der Waals surface area (Å²) in [5.74, 6) is -3.03. The van der Waals surface area contributed by atoms with Gasteiger partial charge in [0.25, 0.3) is 0 Å². The van der Waals surface area contributed by atoms with E-state index < -0.39 is 35.1 Å². The van der Waals surface area contributed by atoms with Crippen LogP contribution in [0.15, 0.2) is 54.6 Å². The van der Waals surface area contributed by atoms with Gasteiger partial charge < -0.3 is 9.47 Å². The number of hydrogen-bond donors (Lipinski definition) is 0. The second-order valence-electron chi connectivity index (χ2n) is 8.36. The molecule has 0 bridgehead atoms. The highest BCUT2D eigenvalue weighted by Gasteiger charge is 2.50. The zero-order chi connectivity index (χ0) is 25.3. The SMILES string of the molecule is COc1ccc(C(=O)COC(=O)c2cccc(N3C(=O)[C@@H]4[C@H](C)C=CC[C@H]4C3=O)c2)cc1[N+](=O)[O-]. The van der Waals surface area contributed by atoms with Gasteiger partial charge in [0.05, 0.1) is 35.1 Å². The Bertz CT molecular complexity index is 1270. The molecule has 0 saturated carbocycles. The van der Waals surface area contributed by atoms with Gasteiger partial charge in [0.2, 0.25) is 17.6 Å². The molecule has 0 spiro atoms. The third-order valence-electron chi connectivity index (χ3n) is 6.24. The summed E-state index contributed by atoms with van der Waals surface area (Å²) in [6.07, 6.45) is 4.32. The van der Waals surface area contributed by atoms with Gasteiger partial charge in [-0.3, -0.25) is 29.4 Å². The highest BCUT2D eigenvalue weighted by atomic mass is 16.6. The zero-order valence-electron chi connectivity index (χ0n) is 19.0. The van der Waals surface area contributed by atoms with Crippen LogP contribution in [0.2, 0.25) is 0 Å². The monoisotopic (exact) mass is 478 g/mol. The quantitative estimate of drug-likeness (QED) is 0.148. The molecule has 10 nitrogen and oxygen atoms in total. The van der Waals surface area contributed by atoms with Gasteiger partial charge in [-0.15, -0.1) is 0 Å². The van der Waals surface area contributed by atoms with Crippen LogP contribution in [0.5, 0.6) is 5.75 Å². The van der Waals surface area contributed by atoms with Crippen molar-refractivity contribution in [2.75, 3.05) is 18.6 Å². The zero-order valence-corrected chi connectivity index (χ0v) is 19.0. The van der Waals surface area contributed by atoms with Crippen LogP contribution in [-0.4, -0.2) is 42.2 Å². The number of rotatable bonds is 7. The van der Waals surface area contributed by atoms with Crippen molar-refractivity contribution >= 4 is 34.9 Å². The maximum Gasteiger partial charge on any atom is 0.338 e. The number of methoxy groups -OCH3 is 1. The minimum absolute atomic E-state index is 0.00335. The number of nitrogens with zero attached hydrogens (tertiary/aromatic N) is 2. The summed E-state index contributed by atoms with van der Waals surface area (Å²) in [5.41, 5.74) is -0.0918. The van der Waals surface area contributed by atoms with Gasteiger partial charge in [-0.1, -0.05) is 25.1 Å². The number of amides is 2. The van der Waals surface area contributed by atoms with E-state index in [4.69, 9.17) is 9.47 Å². The predicted molar refractivity (Wildman–Crippen MR) is 123 cm³/mol. The molecule has 1 aliphatic carbocycles. The number of imide groups is 1. The molecule has 2 aliphatic rings. The molecule has 0 unspecified atom stereocenters. The fraction of sp³-hybridized carbons (Fsp3) is 0.280. The predicted octanol–water partition coefficient (Wildman–Crippen LogP) is 3.34. The second-order valence-corrected chi connectivity index (χ2v) is 8.36. The maximum absolute atomic E-state index is 13.0. The number of allylic oxidation sites excluding steroid dienone is 2. The van der Waals surface area contributed by atoms with Crippen LogP contribution in [0, 0.1) is 27.9 Å². The van der Waals surface area contributed by atoms with Crippen LogP contribution >= 0.6 is 0 Å². The summed E-state index contributed by atoms with van der Waals surface area (Å²) >= 11 is 0. The number of ether oxygens (including phenoxy) is 2. The molecule has 10 heteroatoms. The first kappa shape index (κ1) is 23.8. The van der Waals surface area contributed by atoms with E-state index in [0.717, 1.165) is 11.0 Å². The summed E-state index contributed by atoms with van der Waals surface area (Å²) in [5, 5.41) is 11.2. The lowest BCUT2D eigenvalue weighted by Crippen LogP contribution is -2.31. The highest BCUT2D eigenvalue weighted by molar-refractivity contribution is 6.22. The van der Waals surface area contributed by atoms with Gasteiger partial charge in [-0.2, -0.15) is 0 Å². The van der Waals surface area contributed by atoms with Crippen molar-refractivity contribution in [3.05, 3.63) is 75.9 Å². The third kappa shape index (κ3) is 4.42. The lowest BCUT2D eigenvalue weighted by atomic mass is 9.78. The van der Waals surface area contributed by atoms with Crippen molar-refractivity contribution in [2.24, 2.45) is 17.8 Å². The van der Waals surface area contributed by atoms with Gasteiger partial charge in [0.1, 0.15) is 0 Å². The molecule has 35 heavy (non-hydrogen) atoms. The Morgan fingerprint density at radius 2 is 1.89 bits per heavy atom. The molecule has 2 aromatic carbocycles. The number of carbonyl (C=O) groups excluding carboxylic acids is 4. The first-order valence-electron chi connectivity index (χ1n) is 10.9. The van der Waals surface area contributed by atoms with Crippen LogP contribution in [-0.2, 0) is 14.3 Å². The number of carbonyl (C=O) groups is 4. The molecule has 0 aromatic heterocycles. The Labute approximate surface area is 200 Å². The van der Waals surface area contributed by atoms with Gasteiger partial charge >= 0.3 is 11.7 Å². The van der Waals surface area contributed by atoms with Crippen LogP contribution in [0.4, 0.5) is 11.4 Å². The van der Waals surface area contributed by atoms with E-state index >= 15 is 0 Å². The molecular weight excluding hydrogens is 456 g/mol. The molecule has 0 radical (unpaired) electrons. The van der Waals surface area contributed by atoms with E-state index in [-0.39, 0.29) is 46.0 Å². The number of esters is 1. The second kappa shape index (κ2) is 9.49. The molecule has 3 atom stereocenters. The first-order valence-corrected chi connectivity index (χ1v) is 10.9. The van der Waals surface area contributed by atoms with E-state index in [1.165, 1.54) is 37.4 Å². The normalized spacial score (nSPS) is 21.0. The number of hydrogen-bond acceptors (Lipinski definition) is 8. The minimum atomic E-state index is -0.838. The Morgan fingerprint density at radius 1 is 1.11 bits per heavy atom. The average Bonchev–Trinajstić information content (AvgIpc) is 3.12. The number of nitro groups is 1. The van der Waals surface area contributed by atoms with Crippen LogP contribution in [0.3, 0.4) is 0 Å². The Balaban J connectivity index is 1.47. The van der Waals surface area contributed by atoms with E-state index in [1.54, 1.807) is 6.07 Å². The summed E-state index contributed by atoms with van der Waals surface area (Å²) in [6, 6.07) is 9.56. The van der Waals surface area contributed by atoms with Gasteiger partial charge in [0, 0.05) is 11.6 Å². The molecule has 1 heterocycles. The van der Waals surface area contributed by atoms with Crippen LogP contribution < -0.4 is 9.64 Å². The standard InChI is InChI=1S/C25H22N2O8/c1-14-5-3-8-18-22(14)24(30)26(23(18)29)17-7-4-6-16(11-17)25(31)35-13-20(28)15-9-10-21(34-2)19(12-15)27(32)33/h3-7,9-12,14,18,22H,8,13H2,1-2H3/t14-,18-,22-/m1/s1. The molecule has 1 aliphatic heterocycles. The van der Waals surface area contributed by atoms with E-state index in [1.807, 2.05) is 19.1 Å². The number of anilines is 1. The maximum atomic E-state index is 13.0. The number of nitro benzene ring substituents is 1. The van der Waals surface area contributed by atoms with Gasteiger partial charge in [-0.25, -0.2) is 4.79 Å². The van der Waals surface area contributed by atoms with Crippen LogP contribution in [0.1, 0.15) is 34.1 Å². The summed E-state index contributed by atoms with van der Waals surface area (Å²) in [6.45, 7) is 1.24. The molecule has 4 rings (SSSR count). The fourth-order valence-corrected chi connectivity index (χ4v) is 4.48. The molecule has 2 amide bonds. The van der Waals surface area contributed by atoms with Crippen molar-refractivity contribution in [2.45, 2.75) is 13.3 Å². The van der Waals surface area contributed by atoms with Crippen molar-refractivity contribution < 1.29 is 33.6 Å². The lowest BCUT2D eigenvalue weighted by molar-refractivity contribution is -0.385. The third-order valence-corrected chi connectivity index (χ3v) is 6.24. The van der Waals surface area contributed by atoms with E-state index in [2.05, 4.69) is 0 Å². The summed E-state index contributed by atoms with van der Waals surface area (Å²) in [7, 11) is 1.27. The molecule has 0 N–H and O–H groups in total. The molecule has 1 fully saturated rings. The molecular formula is C25H22N2O8. The summed E-state index contributed by atoms with van der Waals surface area (Å²) < 4.78 is 10.0. The summed E-state index contributed by atoms with van der Waals surface area (Å²) in [4.78, 5) is 62.5. The van der Waals surface area contributed by atoms with Crippen LogP contribution in [0.25, 0.3) is 0 Å². The van der Waals surface area contributed by atoms with Crippen molar-refractivity contribution in [1.82, 2.24) is 0 Å².